The minimum atomic E-state index is 0.610. The molecule has 5 heteroatoms. The molecule has 6 aromatic rings. The van der Waals surface area contributed by atoms with Crippen LogP contribution in [0.2, 0.25) is 0 Å². The Hall–Kier alpha value is -3.83. The smallest absolute Gasteiger partial charge is 0.164 e. The third-order valence-corrected chi connectivity index (χ3v) is 5.94. The van der Waals surface area contributed by atoms with Gasteiger partial charge in [0.25, 0.3) is 0 Å². The molecule has 4 aromatic carbocycles. The summed E-state index contributed by atoms with van der Waals surface area (Å²) in [7, 11) is 0. The van der Waals surface area contributed by atoms with Crippen LogP contribution in [-0.2, 0) is 0 Å². The molecular formula is C31H28BrN3O. The Morgan fingerprint density at radius 1 is 0.500 bits per heavy atom. The van der Waals surface area contributed by atoms with Crippen molar-refractivity contribution in [2.24, 2.45) is 0 Å². The molecule has 6 rings (SSSR count). The van der Waals surface area contributed by atoms with Crippen molar-refractivity contribution >= 4 is 37.9 Å². The Balaban J connectivity index is 0.000000726. The number of para-hydroxylation sites is 1. The fourth-order valence-corrected chi connectivity index (χ4v) is 4.08. The van der Waals surface area contributed by atoms with Gasteiger partial charge in [-0.2, -0.15) is 0 Å². The van der Waals surface area contributed by atoms with Crippen molar-refractivity contribution in [3.63, 3.8) is 0 Å². The molecule has 0 N–H and O–H groups in total. The first-order chi connectivity index (χ1) is 17.7. The van der Waals surface area contributed by atoms with E-state index >= 15 is 0 Å². The molecule has 0 fully saturated rings. The summed E-state index contributed by atoms with van der Waals surface area (Å²) >= 11 is 3.49. The first-order valence-corrected chi connectivity index (χ1v) is 13.0. The average Bonchev–Trinajstić information content (AvgIpc) is 3.34. The summed E-state index contributed by atoms with van der Waals surface area (Å²) in [5.41, 5.74) is 4.44. The lowest BCUT2D eigenvalue weighted by atomic mass is 10.1. The number of halogens is 1. The average molecular weight is 538 g/mol. The molecule has 2 heterocycles. The molecule has 0 unspecified atom stereocenters. The van der Waals surface area contributed by atoms with E-state index in [0.29, 0.717) is 17.5 Å². The van der Waals surface area contributed by atoms with Gasteiger partial charge in [-0.15, -0.1) is 0 Å². The zero-order valence-corrected chi connectivity index (χ0v) is 22.5. The third-order valence-electron chi connectivity index (χ3n) is 5.41. The van der Waals surface area contributed by atoms with Crippen molar-refractivity contribution in [2.45, 2.75) is 27.7 Å². The minimum Gasteiger partial charge on any atom is -0.456 e. The molecule has 2 aromatic heterocycles. The van der Waals surface area contributed by atoms with Crippen molar-refractivity contribution in [1.82, 2.24) is 15.0 Å². The summed E-state index contributed by atoms with van der Waals surface area (Å²) in [6.45, 7) is 8.00. The number of fused-ring (bicyclic) bond motifs is 3. The molecule has 0 saturated heterocycles. The van der Waals surface area contributed by atoms with Gasteiger partial charge in [-0.3, -0.25) is 0 Å². The highest BCUT2D eigenvalue weighted by molar-refractivity contribution is 9.10. The second-order valence-corrected chi connectivity index (χ2v) is 8.40. The van der Waals surface area contributed by atoms with Gasteiger partial charge in [-0.1, -0.05) is 110 Å². The van der Waals surface area contributed by atoms with E-state index in [1.165, 1.54) is 0 Å². The van der Waals surface area contributed by atoms with Gasteiger partial charge in [0, 0.05) is 31.9 Å². The monoisotopic (exact) mass is 537 g/mol. The highest BCUT2D eigenvalue weighted by Gasteiger charge is 2.14. The molecule has 0 aliphatic carbocycles. The van der Waals surface area contributed by atoms with Crippen LogP contribution >= 0.6 is 15.9 Å². The van der Waals surface area contributed by atoms with Crippen molar-refractivity contribution in [2.75, 3.05) is 0 Å². The molecule has 0 spiro atoms. The van der Waals surface area contributed by atoms with E-state index in [0.717, 1.165) is 43.1 Å². The van der Waals surface area contributed by atoms with Crippen LogP contribution in [0, 0.1) is 0 Å². The van der Waals surface area contributed by atoms with Gasteiger partial charge in [0.05, 0.1) is 0 Å². The summed E-state index contributed by atoms with van der Waals surface area (Å²) in [4.78, 5) is 14.4. The first-order valence-electron chi connectivity index (χ1n) is 12.2. The fraction of sp³-hybridized carbons (Fsp3) is 0.129. The molecule has 0 aliphatic rings. The highest BCUT2D eigenvalue weighted by Crippen LogP contribution is 2.32. The van der Waals surface area contributed by atoms with Gasteiger partial charge >= 0.3 is 0 Å². The van der Waals surface area contributed by atoms with Gasteiger partial charge in [-0.25, -0.2) is 15.0 Å². The van der Waals surface area contributed by atoms with Gasteiger partial charge in [0.1, 0.15) is 11.2 Å². The molecule has 36 heavy (non-hydrogen) atoms. The predicted molar refractivity (Wildman–Crippen MR) is 154 cm³/mol. The van der Waals surface area contributed by atoms with Gasteiger partial charge in [-0.05, 0) is 30.3 Å². The largest absolute Gasteiger partial charge is 0.456 e. The topological polar surface area (TPSA) is 51.8 Å². The number of rotatable bonds is 3. The number of nitrogens with zero attached hydrogens (tertiary/aromatic N) is 3. The predicted octanol–water partition coefficient (Wildman–Crippen LogP) is 9.59. The van der Waals surface area contributed by atoms with Crippen molar-refractivity contribution in [1.29, 1.82) is 0 Å². The van der Waals surface area contributed by atoms with E-state index < -0.39 is 0 Å². The van der Waals surface area contributed by atoms with E-state index in [4.69, 9.17) is 19.4 Å². The van der Waals surface area contributed by atoms with Crippen molar-refractivity contribution in [3.8, 4) is 34.2 Å². The highest BCUT2D eigenvalue weighted by atomic mass is 79.9. The standard InChI is InChI=1S/C27H16BrN3O.2C2H6/c28-20-13-10-18(11-14-20)26-29-25(17-6-2-1-3-7-17)30-27(31-26)19-12-15-22-21-8-4-5-9-23(21)32-24(22)16-19;2*1-2/h1-16H;2*1-2H3. The van der Waals surface area contributed by atoms with E-state index in [2.05, 4.69) is 28.1 Å². The van der Waals surface area contributed by atoms with Crippen LogP contribution in [-0.4, -0.2) is 15.0 Å². The van der Waals surface area contributed by atoms with Crippen LogP contribution in [0.1, 0.15) is 27.7 Å². The maximum atomic E-state index is 6.08. The SMILES string of the molecule is Brc1ccc(-c2nc(-c3ccccc3)nc(-c3ccc4c(c3)oc3ccccc34)n2)cc1.CC.CC. The zero-order valence-electron chi connectivity index (χ0n) is 20.9. The van der Waals surface area contributed by atoms with Gasteiger partial charge < -0.3 is 4.42 Å². The summed E-state index contributed by atoms with van der Waals surface area (Å²) < 4.78 is 7.09. The lowest BCUT2D eigenvalue weighted by Crippen LogP contribution is -2.00. The minimum absolute atomic E-state index is 0.610. The van der Waals surface area contributed by atoms with E-state index in [-0.39, 0.29) is 0 Å². The zero-order chi connectivity index (χ0) is 25.5. The van der Waals surface area contributed by atoms with Gasteiger partial charge in [0.2, 0.25) is 0 Å². The van der Waals surface area contributed by atoms with Crippen LogP contribution in [0.4, 0.5) is 0 Å². The number of furan rings is 1. The van der Waals surface area contributed by atoms with Gasteiger partial charge in [0.15, 0.2) is 17.5 Å². The number of benzene rings is 4. The number of hydrogen-bond acceptors (Lipinski definition) is 4. The Labute approximate surface area is 220 Å². The molecule has 4 nitrogen and oxygen atoms in total. The van der Waals surface area contributed by atoms with E-state index in [1.54, 1.807) is 0 Å². The quantitative estimate of drug-likeness (QED) is 0.225. The van der Waals surface area contributed by atoms with Crippen molar-refractivity contribution in [3.05, 3.63) is 102 Å². The molecule has 0 bridgehead atoms. The molecule has 180 valence electrons. The first kappa shape index (κ1) is 25.3. The van der Waals surface area contributed by atoms with Crippen LogP contribution < -0.4 is 0 Å². The molecule has 0 atom stereocenters. The van der Waals surface area contributed by atoms with Crippen LogP contribution in [0.3, 0.4) is 0 Å². The lowest BCUT2D eigenvalue weighted by molar-refractivity contribution is 0.669. The summed E-state index contributed by atoms with van der Waals surface area (Å²) in [6.07, 6.45) is 0. The van der Waals surface area contributed by atoms with E-state index in [9.17, 15) is 0 Å². The number of aromatic nitrogens is 3. The Kier molecular flexibility index (Phi) is 8.24. The summed E-state index contributed by atoms with van der Waals surface area (Å²) in [6, 6.07) is 32.1. The molecule has 0 aliphatic heterocycles. The summed E-state index contributed by atoms with van der Waals surface area (Å²) in [5.74, 6) is 1.88. The Morgan fingerprint density at radius 2 is 1.00 bits per heavy atom. The van der Waals surface area contributed by atoms with E-state index in [1.807, 2.05) is 113 Å². The van der Waals surface area contributed by atoms with Crippen LogP contribution in [0.15, 0.2) is 106 Å². The fourth-order valence-electron chi connectivity index (χ4n) is 3.81. The maximum absolute atomic E-state index is 6.08. The Morgan fingerprint density at radius 3 is 1.67 bits per heavy atom. The molecule has 0 saturated carbocycles. The Bertz CT molecular complexity index is 1580. The van der Waals surface area contributed by atoms with Crippen LogP contribution in [0.25, 0.3) is 56.1 Å². The number of hydrogen-bond donors (Lipinski definition) is 0. The summed E-state index contributed by atoms with van der Waals surface area (Å²) in [5, 5.41) is 2.18. The molecule has 0 radical (unpaired) electrons. The second kappa shape index (κ2) is 11.7. The molecule has 0 amide bonds. The molecular weight excluding hydrogens is 510 g/mol. The normalized spacial score (nSPS) is 10.4. The second-order valence-electron chi connectivity index (χ2n) is 7.49. The van der Waals surface area contributed by atoms with Crippen LogP contribution in [0.5, 0.6) is 0 Å². The van der Waals surface area contributed by atoms with Crippen molar-refractivity contribution < 1.29 is 4.42 Å². The lowest BCUT2D eigenvalue weighted by Gasteiger charge is -2.08. The maximum Gasteiger partial charge on any atom is 0.164 e. The third kappa shape index (κ3) is 5.21.